The number of carbonyl (C=O) groups is 2. The van der Waals surface area contributed by atoms with E-state index in [1.165, 1.54) is 17.4 Å². The van der Waals surface area contributed by atoms with Crippen LogP contribution in [0.3, 0.4) is 0 Å². The molecule has 2 aromatic rings. The van der Waals surface area contributed by atoms with Crippen LogP contribution in [0.2, 0.25) is 0 Å². The minimum Gasteiger partial charge on any atom is -0.490 e. The number of hydrogen-bond donors (Lipinski definition) is 2. The molecule has 1 aromatic carbocycles. The summed E-state index contributed by atoms with van der Waals surface area (Å²) in [6, 6.07) is 5.60. The summed E-state index contributed by atoms with van der Waals surface area (Å²) in [6.07, 6.45) is 7.97. The Morgan fingerprint density at radius 2 is 2.06 bits per heavy atom. The smallest absolute Gasteiger partial charge is 0.251 e. The molecule has 2 amide bonds. The van der Waals surface area contributed by atoms with Crippen LogP contribution in [0.1, 0.15) is 66.4 Å². The fourth-order valence-electron chi connectivity index (χ4n) is 3.77. The van der Waals surface area contributed by atoms with Gasteiger partial charge >= 0.3 is 0 Å². The maximum Gasteiger partial charge on any atom is 0.251 e. The number of primary amides is 1. The third-order valence-electron chi connectivity index (χ3n) is 5.45. The summed E-state index contributed by atoms with van der Waals surface area (Å²) >= 11 is 1.46. The first-order valence-corrected chi connectivity index (χ1v) is 12.1. The first kappa shape index (κ1) is 23.9. The highest BCUT2D eigenvalue weighted by molar-refractivity contribution is 7.17. The molecule has 0 saturated carbocycles. The Hall–Kier alpha value is -2.80. The Morgan fingerprint density at radius 1 is 1.25 bits per heavy atom. The quantitative estimate of drug-likeness (QED) is 0.380. The second kappa shape index (κ2) is 11.2. The van der Waals surface area contributed by atoms with Gasteiger partial charge in [-0.15, -0.1) is 11.3 Å². The maximum atomic E-state index is 12.6. The Balaban J connectivity index is 1.73. The molecular formula is C25H32N2O4S. The van der Waals surface area contributed by atoms with Crippen LogP contribution in [0, 0.1) is 5.92 Å². The third-order valence-corrected chi connectivity index (χ3v) is 6.61. The van der Waals surface area contributed by atoms with Crippen LogP contribution in [-0.2, 0) is 17.6 Å². The lowest BCUT2D eigenvalue weighted by Gasteiger charge is -2.18. The van der Waals surface area contributed by atoms with Crippen molar-refractivity contribution in [2.24, 2.45) is 11.7 Å². The number of carbonyl (C=O) groups excluding carboxylic acids is 2. The molecule has 3 N–H and O–H groups in total. The van der Waals surface area contributed by atoms with Crippen molar-refractivity contribution in [1.29, 1.82) is 0 Å². The number of thiophene rings is 1. The molecule has 1 aromatic heterocycles. The van der Waals surface area contributed by atoms with Gasteiger partial charge in [-0.2, -0.15) is 0 Å². The molecule has 6 nitrogen and oxygen atoms in total. The first-order valence-electron chi connectivity index (χ1n) is 11.3. The highest BCUT2D eigenvalue weighted by atomic mass is 32.1. The summed E-state index contributed by atoms with van der Waals surface area (Å²) in [4.78, 5) is 25.8. The van der Waals surface area contributed by atoms with Crippen LogP contribution in [0.15, 0.2) is 24.3 Å². The fraction of sp³-hybridized carbons (Fsp3) is 0.440. The first-order chi connectivity index (χ1) is 15.4. The molecule has 172 valence electrons. The number of nitrogens with one attached hydrogen (secondary N) is 1. The van der Waals surface area contributed by atoms with Gasteiger partial charge in [0.2, 0.25) is 5.91 Å². The molecule has 0 spiro atoms. The van der Waals surface area contributed by atoms with Crippen molar-refractivity contribution in [2.45, 2.75) is 52.9 Å². The largest absolute Gasteiger partial charge is 0.490 e. The highest BCUT2D eigenvalue weighted by Gasteiger charge is 2.26. The van der Waals surface area contributed by atoms with Gasteiger partial charge in [0.1, 0.15) is 5.00 Å². The number of rotatable bonds is 10. The summed E-state index contributed by atoms with van der Waals surface area (Å²) in [5, 5.41) is 3.40. The van der Waals surface area contributed by atoms with Crippen molar-refractivity contribution >= 4 is 34.2 Å². The van der Waals surface area contributed by atoms with Gasteiger partial charge in [-0.3, -0.25) is 9.59 Å². The number of anilines is 1. The minimum atomic E-state index is -0.489. The number of hydrogen-bond acceptors (Lipinski definition) is 5. The van der Waals surface area contributed by atoms with Crippen molar-refractivity contribution < 1.29 is 19.1 Å². The second-order valence-electron chi connectivity index (χ2n) is 8.08. The van der Waals surface area contributed by atoms with E-state index in [2.05, 4.69) is 19.2 Å². The molecule has 7 heteroatoms. The monoisotopic (exact) mass is 456 g/mol. The highest BCUT2D eigenvalue weighted by Crippen LogP contribution is 2.39. The summed E-state index contributed by atoms with van der Waals surface area (Å²) < 4.78 is 11.5. The summed E-state index contributed by atoms with van der Waals surface area (Å²) in [6.45, 7) is 7.40. The van der Waals surface area contributed by atoms with Gasteiger partial charge in [0.15, 0.2) is 11.5 Å². The molecular weight excluding hydrogens is 424 g/mol. The molecule has 0 saturated heterocycles. The molecule has 1 aliphatic rings. The molecule has 1 aliphatic carbocycles. The van der Waals surface area contributed by atoms with E-state index in [0.717, 1.165) is 48.1 Å². The van der Waals surface area contributed by atoms with Gasteiger partial charge in [-0.1, -0.05) is 26.3 Å². The van der Waals surface area contributed by atoms with E-state index in [1.54, 1.807) is 6.08 Å². The van der Waals surface area contributed by atoms with Crippen molar-refractivity contribution in [3.8, 4) is 11.5 Å². The number of benzene rings is 1. The lowest BCUT2D eigenvalue weighted by Crippen LogP contribution is -2.18. The average Bonchev–Trinajstić information content (AvgIpc) is 3.10. The lowest BCUT2D eigenvalue weighted by atomic mass is 9.88. The zero-order chi connectivity index (χ0) is 23.1. The van der Waals surface area contributed by atoms with E-state index < -0.39 is 5.91 Å². The number of nitrogens with two attached hydrogens (primary N) is 1. The fourth-order valence-corrected chi connectivity index (χ4v) is 5.19. The Morgan fingerprint density at radius 3 is 2.78 bits per heavy atom. The van der Waals surface area contributed by atoms with Gasteiger partial charge in [0, 0.05) is 11.0 Å². The second-order valence-corrected chi connectivity index (χ2v) is 9.19. The number of fused-ring (bicyclic) bond motifs is 1. The van der Waals surface area contributed by atoms with Crippen LogP contribution >= 0.6 is 11.3 Å². The maximum absolute atomic E-state index is 12.6. The predicted octanol–water partition coefficient (Wildman–Crippen LogP) is 5.20. The minimum absolute atomic E-state index is 0.305. The Labute approximate surface area is 193 Å². The SMILES string of the molecule is CCCCOc1ccc(/C=C/C(=O)Nc2sc3c(c2C(N)=O)CCC(C)C3)cc1OCC. The molecule has 1 heterocycles. The predicted molar refractivity (Wildman–Crippen MR) is 130 cm³/mol. The van der Waals surface area contributed by atoms with E-state index in [-0.39, 0.29) is 5.91 Å². The number of amides is 2. The van der Waals surface area contributed by atoms with Crippen LogP contribution < -0.4 is 20.5 Å². The van der Waals surface area contributed by atoms with E-state index in [9.17, 15) is 9.59 Å². The van der Waals surface area contributed by atoms with Crippen LogP contribution in [0.25, 0.3) is 6.08 Å². The number of unbranched alkanes of at least 4 members (excludes halogenated alkanes) is 1. The van der Waals surface area contributed by atoms with Crippen molar-refractivity contribution in [1.82, 2.24) is 0 Å². The number of ether oxygens (including phenoxy) is 2. The normalized spacial score (nSPS) is 15.4. The van der Waals surface area contributed by atoms with Gasteiger partial charge < -0.3 is 20.5 Å². The average molecular weight is 457 g/mol. The molecule has 0 aliphatic heterocycles. The van der Waals surface area contributed by atoms with Crippen LogP contribution in [-0.4, -0.2) is 25.0 Å². The lowest BCUT2D eigenvalue weighted by molar-refractivity contribution is -0.111. The van der Waals surface area contributed by atoms with Crippen molar-refractivity contribution in [3.05, 3.63) is 45.8 Å². The van der Waals surface area contributed by atoms with E-state index >= 15 is 0 Å². The molecule has 1 atom stereocenters. The Bertz CT molecular complexity index is 996. The summed E-state index contributed by atoms with van der Waals surface area (Å²) in [5.41, 5.74) is 7.92. The zero-order valence-electron chi connectivity index (χ0n) is 19.0. The molecule has 0 fully saturated rings. The van der Waals surface area contributed by atoms with Gasteiger partial charge in [-0.25, -0.2) is 0 Å². The molecule has 0 bridgehead atoms. The Kier molecular flexibility index (Phi) is 8.33. The van der Waals surface area contributed by atoms with E-state index in [4.69, 9.17) is 15.2 Å². The zero-order valence-corrected chi connectivity index (χ0v) is 19.8. The molecule has 1 unspecified atom stereocenters. The van der Waals surface area contributed by atoms with Crippen LogP contribution in [0.4, 0.5) is 5.00 Å². The summed E-state index contributed by atoms with van der Waals surface area (Å²) in [5.74, 6) is 1.13. The van der Waals surface area contributed by atoms with Gasteiger partial charge in [0.05, 0.1) is 18.8 Å². The van der Waals surface area contributed by atoms with Crippen LogP contribution in [0.5, 0.6) is 11.5 Å². The van der Waals surface area contributed by atoms with Gasteiger partial charge in [0.25, 0.3) is 5.91 Å². The van der Waals surface area contributed by atoms with Gasteiger partial charge in [-0.05, 0) is 67.9 Å². The van der Waals surface area contributed by atoms with E-state index in [1.807, 2.05) is 25.1 Å². The summed E-state index contributed by atoms with van der Waals surface area (Å²) in [7, 11) is 0. The van der Waals surface area contributed by atoms with E-state index in [0.29, 0.717) is 41.2 Å². The standard InChI is InChI=1S/C25H32N2O4S/c1-4-6-13-31-19-11-8-17(15-20(19)30-5-2)9-12-22(28)27-25-23(24(26)29)18-10-7-16(3)14-21(18)32-25/h8-9,11-12,15-16H,4-7,10,13-14H2,1-3H3,(H2,26,29)(H,27,28)/b12-9+. The van der Waals surface area contributed by atoms with Crippen molar-refractivity contribution in [3.63, 3.8) is 0 Å². The third kappa shape index (κ3) is 5.91. The topological polar surface area (TPSA) is 90.6 Å². The molecule has 3 rings (SSSR count). The molecule has 32 heavy (non-hydrogen) atoms. The molecule has 0 radical (unpaired) electrons. The van der Waals surface area contributed by atoms with Crippen molar-refractivity contribution in [2.75, 3.05) is 18.5 Å².